The standard InChI is InChI=1S/C10H9N3O3/c1-15-8-9(14)12-6-13-10(8)16-7-3-2-4-11-5-7/h2-6H,1H3,(H,12,13,14). The van der Waals surface area contributed by atoms with E-state index in [0.29, 0.717) is 5.75 Å². The highest BCUT2D eigenvalue weighted by molar-refractivity contribution is 5.33. The highest BCUT2D eigenvalue weighted by Crippen LogP contribution is 2.23. The Labute approximate surface area is 90.9 Å². The first-order valence-electron chi connectivity index (χ1n) is 4.51. The monoisotopic (exact) mass is 219 g/mol. The van der Waals surface area contributed by atoms with Crippen LogP contribution in [0.2, 0.25) is 0 Å². The summed E-state index contributed by atoms with van der Waals surface area (Å²) < 4.78 is 10.3. The number of ether oxygens (including phenoxy) is 2. The third kappa shape index (κ3) is 2.00. The quantitative estimate of drug-likeness (QED) is 0.832. The van der Waals surface area contributed by atoms with Gasteiger partial charge in [-0.1, -0.05) is 0 Å². The lowest BCUT2D eigenvalue weighted by Gasteiger charge is -2.06. The third-order valence-corrected chi connectivity index (χ3v) is 1.83. The van der Waals surface area contributed by atoms with Gasteiger partial charge in [-0.05, 0) is 12.1 Å². The zero-order valence-corrected chi connectivity index (χ0v) is 8.51. The van der Waals surface area contributed by atoms with Gasteiger partial charge >= 0.3 is 0 Å². The maximum Gasteiger partial charge on any atom is 0.297 e. The van der Waals surface area contributed by atoms with E-state index < -0.39 is 5.56 Å². The summed E-state index contributed by atoms with van der Waals surface area (Å²) in [5, 5.41) is 0. The molecule has 0 aliphatic rings. The molecule has 6 heteroatoms. The molecular formula is C10H9N3O3. The summed E-state index contributed by atoms with van der Waals surface area (Å²) in [7, 11) is 1.38. The van der Waals surface area contributed by atoms with Crippen molar-refractivity contribution in [2.45, 2.75) is 0 Å². The van der Waals surface area contributed by atoms with E-state index in [2.05, 4.69) is 15.0 Å². The molecule has 0 saturated heterocycles. The molecule has 6 nitrogen and oxygen atoms in total. The largest absolute Gasteiger partial charge is 0.487 e. The number of hydrogen-bond acceptors (Lipinski definition) is 5. The van der Waals surface area contributed by atoms with Crippen molar-refractivity contribution in [1.29, 1.82) is 0 Å². The molecule has 0 aromatic carbocycles. The molecule has 1 N–H and O–H groups in total. The molecule has 0 aliphatic heterocycles. The predicted octanol–water partition coefficient (Wildman–Crippen LogP) is 0.966. The second-order valence-corrected chi connectivity index (χ2v) is 2.86. The van der Waals surface area contributed by atoms with Crippen LogP contribution in [-0.4, -0.2) is 22.1 Å². The van der Waals surface area contributed by atoms with Crippen LogP contribution in [0.1, 0.15) is 0 Å². The molecule has 2 aromatic rings. The Morgan fingerprint density at radius 3 is 3.00 bits per heavy atom. The zero-order chi connectivity index (χ0) is 11.4. The lowest BCUT2D eigenvalue weighted by atomic mass is 10.4. The summed E-state index contributed by atoms with van der Waals surface area (Å²) in [5.74, 6) is 0.629. The minimum absolute atomic E-state index is 0.0337. The highest BCUT2D eigenvalue weighted by Gasteiger charge is 2.10. The predicted molar refractivity (Wildman–Crippen MR) is 55.7 cm³/mol. The topological polar surface area (TPSA) is 77.1 Å². The molecule has 0 bridgehead atoms. The summed E-state index contributed by atoms with van der Waals surface area (Å²) in [6.07, 6.45) is 4.38. The molecule has 0 saturated carbocycles. The van der Waals surface area contributed by atoms with E-state index in [9.17, 15) is 4.79 Å². The van der Waals surface area contributed by atoms with Crippen LogP contribution >= 0.6 is 0 Å². The van der Waals surface area contributed by atoms with E-state index in [1.165, 1.54) is 19.6 Å². The number of rotatable bonds is 3. The van der Waals surface area contributed by atoms with Crippen molar-refractivity contribution >= 4 is 0 Å². The smallest absolute Gasteiger partial charge is 0.297 e. The van der Waals surface area contributed by atoms with Crippen LogP contribution in [0.3, 0.4) is 0 Å². The van der Waals surface area contributed by atoms with Gasteiger partial charge in [-0.2, -0.15) is 0 Å². The van der Waals surface area contributed by atoms with Gasteiger partial charge < -0.3 is 14.5 Å². The van der Waals surface area contributed by atoms with Crippen molar-refractivity contribution in [1.82, 2.24) is 15.0 Å². The molecule has 0 spiro atoms. The molecule has 82 valence electrons. The third-order valence-electron chi connectivity index (χ3n) is 1.83. The molecule has 0 fully saturated rings. The number of hydrogen-bond donors (Lipinski definition) is 1. The first kappa shape index (κ1) is 10.2. The number of pyridine rings is 1. The van der Waals surface area contributed by atoms with E-state index in [1.54, 1.807) is 18.3 Å². The van der Waals surface area contributed by atoms with Gasteiger partial charge in [0.25, 0.3) is 11.4 Å². The van der Waals surface area contributed by atoms with Crippen LogP contribution in [0.25, 0.3) is 0 Å². The fourth-order valence-electron chi connectivity index (χ4n) is 1.14. The highest BCUT2D eigenvalue weighted by atomic mass is 16.5. The summed E-state index contributed by atoms with van der Waals surface area (Å²) in [6, 6.07) is 3.42. The van der Waals surface area contributed by atoms with Crippen molar-refractivity contribution in [2.24, 2.45) is 0 Å². The van der Waals surface area contributed by atoms with Crippen LogP contribution in [0.4, 0.5) is 0 Å². The van der Waals surface area contributed by atoms with Gasteiger partial charge in [0.15, 0.2) is 0 Å². The Kier molecular flexibility index (Phi) is 2.81. The number of nitrogens with one attached hydrogen (secondary N) is 1. The van der Waals surface area contributed by atoms with Gasteiger partial charge in [-0.25, -0.2) is 4.98 Å². The molecule has 0 aliphatic carbocycles. The summed E-state index contributed by atoms with van der Waals surface area (Å²) in [6.45, 7) is 0. The van der Waals surface area contributed by atoms with Gasteiger partial charge in [0, 0.05) is 6.20 Å². The van der Waals surface area contributed by atoms with Gasteiger partial charge in [0.05, 0.1) is 19.6 Å². The van der Waals surface area contributed by atoms with E-state index >= 15 is 0 Å². The number of methoxy groups -OCH3 is 1. The van der Waals surface area contributed by atoms with E-state index in [-0.39, 0.29) is 11.6 Å². The van der Waals surface area contributed by atoms with E-state index in [4.69, 9.17) is 9.47 Å². The number of nitrogens with zero attached hydrogens (tertiary/aromatic N) is 2. The second-order valence-electron chi connectivity index (χ2n) is 2.86. The van der Waals surface area contributed by atoms with Gasteiger partial charge in [-0.3, -0.25) is 9.78 Å². The average molecular weight is 219 g/mol. The molecular weight excluding hydrogens is 210 g/mol. The van der Waals surface area contributed by atoms with Gasteiger partial charge in [-0.15, -0.1) is 0 Å². The Balaban J connectivity index is 2.35. The first-order chi connectivity index (χ1) is 7.81. The Bertz CT molecular complexity index is 524. The SMILES string of the molecule is COc1c(Oc2cccnc2)nc[nH]c1=O. The lowest BCUT2D eigenvalue weighted by Crippen LogP contribution is -2.10. The molecule has 16 heavy (non-hydrogen) atoms. The first-order valence-corrected chi connectivity index (χ1v) is 4.51. The van der Waals surface area contributed by atoms with Crippen molar-refractivity contribution in [3.05, 3.63) is 41.2 Å². The van der Waals surface area contributed by atoms with Crippen LogP contribution in [0, 0.1) is 0 Å². The van der Waals surface area contributed by atoms with Gasteiger partial charge in [0.2, 0.25) is 5.75 Å². The van der Waals surface area contributed by atoms with Crippen molar-refractivity contribution in [2.75, 3.05) is 7.11 Å². The summed E-state index contributed by atoms with van der Waals surface area (Å²) in [5.41, 5.74) is -0.392. The number of aromatic nitrogens is 3. The van der Waals surface area contributed by atoms with Crippen molar-refractivity contribution in [3.8, 4) is 17.4 Å². The Hall–Kier alpha value is -2.37. The Morgan fingerprint density at radius 2 is 2.31 bits per heavy atom. The second kappa shape index (κ2) is 4.43. The molecule has 2 rings (SSSR count). The van der Waals surface area contributed by atoms with Gasteiger partial charge in [0.1, 0.15) is 5.75 Å². The fraction of sp³-hybridized carbons (Fsp3) is 0.100. The molecule has 2 heterocycles. The molecule has 2 aromatic heterocycles. The number of H-pyrrole nitrogens is 1. The molecule has 0 unspecified atom stereocenters. The summed E-state index contributed by atoms with van der Waals surface area (Å²) >= 11 is 0. The van der Waals surface area contributed by atoms with Crippen LogP contribution < -0.4 is 15.0 Å². The van der Waals surface area contributed by atoms with Crippen LogP contribution in [-0.2, 0) is 0 Å². The normalized spacial score (nSPS) is 9.81. The Morgan fingerprint density at radius 1 is 1.44 bits per heavy atom. The average Bonchev–Trinajstić information content (AvgIpc) is 2.31. The molecule has 0 amide bonds. The van der Waals surface area contributed by atoms with E-state index in [0.717, 1.165) is 0 Å². The van der Waals surface area contributed by atoms with Crippen molar-refractivity contribution < 1.29 is 9.47 Å². The van der Waals surface area contributed by atoms with Crippen LogP contribution in [0.15, 0.2) is 35.6 Å². The minimum Gasteiger partial charge on any atom is -0.487 e. The molecule has 0 atom stereocenters. The minimum atomic E-state index is -0.392. The number of aromatic amines is 1. The summed E-state index contributed by atoms with van der Waals surface area (Å²) in [4.78, 5) is 21.5. The fourth-order valence-corrected chi connectivity index (χ4v) is 1.14. The zero-order valence-electron chi connectivity index (χ0n) is 8.51. The molecule has 0 radical (unpaired) electrons. The maximum absolute atomic E-state index is 11.3. The van der Waals surface area contributed by atoms with Crippen molar-refractivity contribution in [3.63, 3.8) is 0 Å². The van der Waals surface area contributed by atoms with E-state index in [1.807, 2.05) is 0 Å². The van der Waals surface area contributed by atoms with Crippen LogP contribution in [0.5, 0.6) is 17.4 Å². The lowest BCUT2D eigenvalue weighted by molar-refractivity contribution is 0.362. The maximum atomic E-state index is 11.3.